The summed E-state index contributed by atoms with van der Waals surface area (Å²) >= 11 is 6.45. The van der Waals surface area contributed by atoms with Gasteiger partial charge in [0.2, 0.25) is 5.82 Å². The van der Waals surface area contributed by atoms with E-state index in [2.05, 4.69) is 5.09 Å². The average Bonchev–Trinajstić information content (AvgIpc) is 3.03. The average molecular weight is 564 g/mol. The van der Waals surface area contributed by atoms with Crippen molar-refractivity contribution in [1.82, 2.24) is 14.6 Å². The first-order chi connectivity index (χ1) is 17.2. The molecule has 1 aliphatic heterocycles. The van der Waals surface area contributed by atoms with Crippen molar-refractivity contribution in [3.05, 3.63) is 63.2 Å². The molecule has 3 N–H and O–H groups in total. The van der Waals surface area contributed by atoms with Crippen molar-refractivity contribution in [1.29, 1.82) is 0 Å². The zero-order valence-corrected chi connectivity index (χ0v) is 22.1. The van der Waals surface area contributed by atoms with Gasteiger partial charge in [0.25, 0.3) is 5.56 Å². The minimum Gasteiger partial charge on any atom is -0.462 e. The normalized spacial score (nSPS) is 26.0. The first-order valence-corrected chi connectivity index (χ1v) is 13.2. The fourth-order valence-electron chi connectivity index (χ4n) is 3.49. The molecule has 1 aromatic heterocycles. The summed E-state index contributed by atoms with van der Waals surface area (Å²) in [5.74, 6) is -1.82. The molecule has 2 heterocycles. The van der Waals surface area contributed by atoms with E-state index in [1.807, 2.05) is 0 Å². The fourth-order valence-corrected chi connectivity index (χ4v) is 5.29. The second kappa shape index (κ2) is 11.5. The number of carbonyl (C=O) groups is 1. The molecule has 6 atom stereocenters. The van der Waals surface area contributed by atoms with Crippen molar-refractivity contribution >= 4 is 25.3 Å². The molecule has 2 aromatic rings. The van der Waals surface area contributed by atoms with Crippen LogP contribution in [0.3, 0.4) is 0 Å². The van der Waals surface area contributed by atoms with Crippen molar-refractivity contribution in [3.63, 3.8) is 0 Å². The van der Waals surface area contributed by atoms with E-state index in [1.165, 1.54) is 26.0 Å². The molecule has 0 saturated carbocycles. The van der Waals surface area contributed by atoms with Gasteiger partial charge in [0, 0.05) is 0 Å². The highest BCUT2D eigenvalue weighted by atomic mass is 35.5. The third-order valence-electron chi connectivity index (χ3n) is 5.33. The van der Waals surface area contributed by atoms with Crippen molar-refractivity contribution in [2.75, 3.05) is 6.61 Å². The fraction of sp³-hybridized carbons (Fsp3) is 0.500. The van der Waals surface area contributed by atoms with E-state index in [0.717, 1.165) is 0 Å². The molecule has 1 saturated heterocycles. The van der Waals surface area contributed by atoms with Gasteiger partial charge in [-0.1, -0.05) is 18.2 Å². The Bertz CT molecular complexity index is 1270. The summed E-state index contributed by atoms with van der Waals surface area (Å²) in [4.78, 5) is 36.0. The summed E-state index contributed by atoms with van der Waals surface area (Å²) in [6.07, 6.45) is -4.03. The number of esters is 1. The number of nitrogens with zero attached hydrogens (tertiary/aromatic N) is 1. The molecule has 15 heteroatoms. The Morgan fingerprint density at radius 1 is 1.32 bits per heavy atom. The highest BCUT2D eigenvalue weighted by molar-refractivity contribution is 7.52. The lowest BCUT2D eigenvalue weighted by atomic mass is 10.0. The van der Waals surface area contributed by atoms with Gasteiger partial charge < -0.3 is 19.1 Å². The molecular weight excluding hydrogens is 536 g/mol. The number of para-hydroxylation sites is 1. The molecule has 0 bridgehead atoms. The number of halogens is 2. The summed E-state index contributed by atoms with van der Waals surface area (Å²) in [5.41, 5.74) is -2.25. The molecule has 3 rings (SSSR count). The van der Waals surface area contributed by atoms with Gasteiger partial charge >= 0.3 is 19.4 Å². The van der Waals surface area contributed by atoms with Gasteiger partial charge in [-0.3, -0.25) is 23.7 Å². The Morgan fingerprint density at radius 3 is 2.59 bits per heavy atom. The van der Waals surface area contributed by atoms with E-state index in [4.69, 9.17) is 30.1 Å². The van der Waals surface area contributed by atoms with Crippen LogP contribution in [0.2, 0.25) is 0 Å². The standard InChI is InChI=1S/C22H28ClFN3O9P/c1-12(2)34-19(30)13(3)26-37(32,36-14-8-6-5-7-9-14)33-11-16-17(28)22(4,23)20(35-16)27-10-15(24)18(29)25-21(27)31/h5-10,12-13,16-17,20,28H,11H2,1-4H3,(H,26,32)(H,25,29,31)/t13-,16-,17-,20-,22-,37+/m1/s1. The maximum atomic E-state index is 13.8. The number of benzene rings is 1. The number of aromatic amines is 1. The van der Waals surface area contributed by atoms with Gasteiger partial charge in [-0.25, -0.2) is 9.36 Å². The lowest BCUT2D eigenvalue weighted by molar-refractivity contribution is -0.149. The topological polar surface area (TPSA) is 158 Å². The quantitative estimate of drug-likeness (QED) is 0.222. The van der Waals surface area contributed by atoms with E-state index in [1.54, 1.807) is 37.0 Å². The van der Waals surface area contributed by atoms with Crippen LogP contribution >= 0.6 is 19.3 Å². The molecular formula is C22H28ClFN3O9P. The van der Waals surface area contributed by atoms with Crippen molar-refractivity contribution in [2.45, 2.75) is 63.2 Å². The monoisotopic (exact) mass is 563 g/mol. The largest absolute Gasteiger partial charge is 0.462 e. The number of alkyl halides is 1. The van der Waals surface area contributed by atoms with Crippen LogP contribution in [0.1, 0.15) is 33.9 Å². The maximum Gasteiger partial charge on any atom is 0.459 e. The molecule has 0 aliphatic carbocycles. The Kier molecular flexibility index (Phi) is 8.99. The Hall–Kier alpha value is -2.54. The summed E-state index contributed by atoms with van der Waals surface area (Å²) < 4.78 is 50.0. The van der Waals surface area contributed by atoms with Gasteiger partial charge in [-0.15, -0.1) is 11.6 Å². The zero-order valence-electron chi connectivity index (χ0n) is 20.4. The van der Waals surface area contributed by atoms with Crippen LogP contribution in [0.25, 0.3) is 0 Å². The highest BCUT2D eigenvalue weighted by Gasteiger charge is 2.54. The number of hydrogen-bond donors (Lipinski definition) is 3. The second-order valence-corrected chi connectivity index (χ2v) is 11.3. The van der Waals surface area contributed by atoms with Crippen LogP contribution in [0.5, 0.6) is 5.75 Å². The highest BCUT2D eigenvalue weighted by Crippen LogP contribution is 2.48. The van der Waals surface area contributed by atoms with Crippen LogP contribution in [0.15, 0.2) is 46.1 Å². The van der Waals surface area contributed by atoms with E-state index >= 15 is 0 Å². The summed E-state index contributed by atoms with van der Waals surface area (Å²) in [5, 5.41) is 13.3. The van der Waals surface area contributed by atoms with Crippen molar-refractivity contribution in [3.8, 4) is 5.75 Å². The molecule has 0 radical (unpaired) electrons. The molecule has 12 nitrogen and oxygen atoms in total. The van der Waals surface area contributed by atoms with E-state index < -0.39 is 72.8 Å². The number of H-pyrrole nitrogens is 1. The number of aromatic nitrogens is 2. The minimum absolute atomic E-state index is 0.158. The number of hydrogen-bond acceptors (Lipinski definition) is 9. The van der Waals surface area contributed by atoms with Crippen molar-refractivity contribution < 1.29 is 37.4 Å². The maximum absolute atomic E-state index is 13.8. The van der Waals surface area contributed by atoms with Crippen LogP contribution in [0.4, 0.5) is 4.39 Å². The molecule has 0 spiro atoms. The van der Waals surface area contributed by atoms with Crippen LogP contribution in [-0.4, -0.2) is 56.5 Å². The lowest BCUT2D eigenvalue weighted by Crippen LogP contribution is -2.43. The third-order valence-corrected chi connectivity index (χ3v) is 7.38. The SMILES string of the molecule is CC(C)OC(=O)[C@@H](C)N[P@](=O)(OC[C@H]1O[C@@H](n2cc(F)c(=O)[nH]c2=O)[C@](C)(Cl)[C@@H]1O)Oc1ccccc1. The van der Waals surface area contributed by atoms with Gasteiger partial charge in [0.15, 0.2) is 6.23 Å². The van der Waals surface area contributed by atoms with Crippen LogP contribution in [0, 0.1) is 5.82 Å². The number of carbonyl (C=O) groups excluding carboxylic acids is 1. The summed E-state index contributed by atoms with van der Waals surface area (Å²) in [6, 6.07) is 6.88. The van der Waals surface area contributed by atoms with Gasteiger partial charge in [-0.05, 0) is 39.8 Å². The van der Waals surface area contributed by atoms with Gasteiger partial charge in [0.1, 0.15) is 28.9 Å². The Morgan fingerprint density at radius 2 is 1.97 bits per heavy atom. The van der Waals surface area contributed by atoms with Gasteiger partial charge in [-0.2, -0.15) is 9.48 Å². The van der Waals surface area contributed by atoms with Crippen LogP contribution < -0.4 is 20.9 Å². The van der Waals surface area contributed by atoms with Gasteiger partial charge in [0.05, 0.1) is 18.9 Å². The molecule has 0 unspecified atom stereocenters. The molecule has 204 valence electrons. The van der Waals surface area contributed by atoms with Crippen molar-refractivity contribution in [2.24, 2.45) is 0 Å². The second-order valence-electron chi connectivity index (χ2n) is 8.80. The number of rotatable bonds is 10. The van der Waals surface area contributed by atoms with E-state index in [0.29, 0.717) is 10.8 Å². The van der Waals surface area contributed by atoms with Crippen LogP contribution in [-0.2, 0) is 23.4 Å². The first kappa shape index (κ1) is 29.0. The lowest BCUT2D eigenvalue weighted by Gasteiger charge is -2.26. The number of aliphatic hydroxyl groups is 1. The number of nitrogens with one attached hydrogen (secondary N) is 2. The molecule has 37 heavy (non-hydrogen) atoms. The molecule has 1 aliphatic rings. The predicted molar refractivity (Wildman–Crippen MR) is 130 cm³/mol. The Labute approximate surface area is 216 Å². The third kappa shape index (κ3) is 6.86. The molecule has 0 amide bonds. The molecule has 1 aromatic carbocycles. The first-order valence-electron chi connectivity index (χ1n) is 11.2. The number of aliphatic hydroxyl groups excluding tert-OH is 1. The summed E-state index contributed by atoms with van der Waals surface area (Å²) in [6.45, 7) is 5.46. The zero-order chi connectivity index (χ0) is 27.5. The molecule has 1 fully saturated rings. The van der Waals surface area contributed by atoms with E-state index in [9.17, 15) is 28.4 Å². The number of ether oxygens (including phenoxy) is 2. The van der Waals surface area contributed by atoms with E-state index in [-0.39, 0.29) is 5.75 Å². The Balaban J connectivity index is 1.82. The minimum atomic E-state index is -4.29. The predicted octanol–water partition coefficient (Wildman–Crippen LogP) is 2.06. The smallest absolute Gasteiger partial charge is 0.459 e. The summed E-state index contributed by atoms with van der Waals surface area (Å²) in [7, 11) is -4.29.